The summed E-state index contributed by atoms with van der Waals surface area (Å²) >= 11 is 1.55. The fourth-order valence-corrected chi connectivity index (χ4v) is 3.58. The van der Waals surface area contributed by atoms with Gasteiger partial charge in [0.25, 0.3) is 0 Å². The summed E-state index contributed by atoms with van der Waals surface area (Å²) in [5.41, 5.74) is 1.89. The number of hydrogen-bond acceptors (Lipinski definition) is 5. The minimum absolute atomic E-state index is 0.619. The van der Waals surface area contributed by atoms with Gasteiger partial charge in [-0.05, 0) is 24.6 Å². The number of hydrogen-bond donors (Lipinski definition) is 0. The lowest BCUT2D eigenvalue weighted by Gasteiger charge is -1.97. The lowest BCUT2D eigenvalue weighted by molar-refractivity contribution is 0.400. The van der Waals surface area contributed by atoms with Crippen molar-refractivity contribution >= 4 is 26.6 Å². The number of imidazole rings is 1. The Labute approximate surface area is 137 Å². The van der Waals surface area contributed by atoms with E-state index in [-0.39, 0.29) is 0 Å². The monoisotopic (exact) mass is 327 g/mol. The Bertz CT molecular complexity index is 967. The van der Waals surface area contributed by atoms with Crippen LogP contribution in [-0.4, -0.2) is 21.5 Å². The van der Waals surface area contributed by atoms with E-state index in [4.69, 9.17) is 9.15 Å². The molecule has 5 nitrogen and oxygen atoms in total. The number of pyridine rings is 1. The largest absolute Gasteiger partial charge is 0.481 e. The summed E-state index contributed by atoms with van der Waals surface area (Å²) < 4.78 is 13.1. The van der Waals surface area contributed by atoms with Crippen LogP contribution >= 0.6 is 11.3 Å². The summed E-state index contributed by atoms with van der Waals surface area (Å²) in [4.78, 5) is 11.0. The molecule has 0 saturated carbocycles. The number of furan rings is 1. The first-order valence-corrected chi connectivity index (χ1v) is 8.52. The zero-order chi connectivity index (χ0) is 15.8. The van der Waals surface area contributed by atoms with Crippen molar-refractivity contribution in [2.45, 2.75) is 26.2 Å². The predicted octanol–water partition coefficient (Wildman–Crippen LogP) is 4.56. The van der Waals surface area contributed by atoms with Crippen LogP contribution in [0.5, 0.6) is 5.88 Å². The van der Waals surface area contributed by atoms with Crippen LogP contribution in [0.2, 0.25) is 0 Å². The summed E-state index contributed by atoms with van der Waals surface area (Å²) in [5, 5.41) is 0. The summed E-state index contributed by atoms with van der Waals surface area (Å²) in [6, 6.07) is 7.92. The van der Waals surface area contributed by atoms with E-state index in [1.54, 1.807) is 18.4 Å². The third-order valence-electron chi connectivity index (χ3n) is 3.84. The summed E-state index contributed by atoms with van der Waals surface area (Å²) in [7, 11) is 1.62. The van der Waals surface area contributed by atoms with Crippen LogP contribution in [0.25, 0.3) is 26.8 Å². The molecule has 0 spiro atoms. The molecule has 0 radical (unpaired) electrons. The maximum absolute atomic E-state index is 5.91. The minimum atomic E-state index is 0.619. The third kappa shape index (κ3) is 2.49. The molecule has 0 aromatic carbocycles. The Balaban J connectivity index is 1.72. The number of rotatable bonds is 5. The van der Waals surface area contributed by atoms with Gasteiger partial charge in [-0.2, -0.15) is 0 Å². The Morgan fingerprint density at radius 3 is 2.96 bits per heavy atom. The van der Waals surface area contributed by atoms with Crippen molar-refractivity contribution < 1.29 is 9.15 Å². The number of thiazole rings is 1. The minimum Gasteiger partial charge on any atom is -0.481 e. The lowest BCUT2D eigenvalue weighted by atomic mass is 10.2. The van der Waals surface area contributed by atoms with Gasteiger partial charge in [0.15, 0.2) is 10.7 Å². The van der Waals surface area contributed by atoms with Crippen molar-refractivity contribution in [2.75, 3.05) is 7.11 Å². The third-order valence-corrected chi connectivity index (χ3v) is 4.80. The topological polar surface area (TPSA) is 52.6 Å². The molecule has 4 heterocycles. The van der Waals surface area contributed by atoms with Crippen molar-refractivity contribution in [1.82, 2.24) is 14.4 Å². The Morgan fingerprint density at radius 1 is 1.22 bits per heavy atom. The average Bonchev–Trinajstić information content (AvgIpc) is 3.25. The maximum atomic E-state index is 5.91. The standard InChI is InChI=1S/C17H17N3O2S/c1-3-4-5-11-6-8-14(22-11)12-10-20-13-7-9-15(21-2)19-16(13)23-17(20)18-12/h6-10H,3-5H2,1-2H3. The quantitative estimate of drug-likeness (QED) is 0.539. The van der Waals surface area contributed by atoms with Gasteiger partial charge in [0, 0.05) is 18.7 Å². The van der Waals surface area contributed by atoms with Crippen molar-refractivity contribution in [1.29, 1.82) is 0 Å². The van der Waals surface area contributed by atoms with Gasteiger partial charge in [-0.1, -0.05) is 24.7 Å². The highest BCUT2D eigenvalue weighted by Crippen LogP contribution is 2.30. The first-order chi connectivity index (χ1) is 11.3. The molecule has 4 rings (SSSR count). The van der Waals surface area contributed by atoms with Gasteiger partial charge in [-0.15, -0.1) is 0 Å². The molecule has 0 unspecified atom stereocenters. The molecular formula is C17H17N3O2S. The molecular weight excluding hydrogens is 310 g/mol. The highest BCUT2D eigenvalue weighted by molar-refractivity contribution is 7.23. The Morgan fingerprint density at radius 2 is 2.13 bits per heavy atom. The second-order valence-electron chi connectivity index (χ2n) is 5.43. The number of ether oxygens (including phenoxy) is 1. The van der Waals surface area contributed by atoms with E-state index >= 15 is 0 Å². The van der Waals surface area contributed by atoms with E-state index in [0.717, 1.165) is 45.4 Å². The molecule has 0 aliphatic rings. The number of unbranched alkanes of at least 4 members (excludes halogenated alkanes) is 1. The van der Waals surface area contributed by atoms with Crippen molar-refractivity contribution in [2.24, 2.45) is 0 Å². The van der Waals surface area contributed by atoms with Crippen molar-refractivity contribution in [3.8, 4) is 17.3 Å². The molecule has 0 fully saturated rings. The van der Waals surface area contributed by atoms with Crippen LogP contribution < -0.4 is 4.74 Å². The highest BCUT2D eigenvalue weighted by atomic mass is 32.1. The summed E-state index contributed by atoms with van der Waals surface area (Å²) in [6.45, 7) is 2.18. The van der Waals surface area contributed by atoms with Gasteiger partial charge < -0.3 is 9.15 Å². The highest BCUT2D eigenvalue weighted by Gasteiger charge is 2.14. The lowest BCUT2D eigenvalue weighted by Crippen LogP contribution is -1.86. The average molecular weight is 327 g/mol. The zero-order valence-corrected chi connectivity index (χ0v) is 13.9. The van der Waals surface area contributed by atoms with Crippen LogP contribution in [0.15, 0.2) is 34.9 Å². The fourth-order valence-electron chi connectivity index (χ4n) is 2.60. The Hall–Kier alpha value is -2.34. The van der Waals surface area contributed by atoms with Gasteiger partial charge in [0.2, 0.25) is 5.88 Å². The van der Waals surface area contributed by atoms with E-state index in [2.05, 4.69) is 21.3 Å². The molecule has 0 bridgehead atoms. The van der Waals surface area contributed by atoms with Crippen LogP contribution in [0.3, 0.4) is 0 Å². The normalized spacial score (nSPS) is 11.6. The predicted molar refractivity (Wildman–Crippen MR) is 91.2 cm³/mol. The molecule has 0 aliphatic carbocycles. The molecule has 0 atom stereocenters. The second-order valence-corrected chi connectivity index (χ2v) is 6.38. The van der Waals surface area contributed by atoms with Gasteiger partial charge in [0.1, 0.15) is 16.3 Å². The number of aryl methyl sites for hydroxylation is 1. The maximum Gasteiger partial charge on any atom is 0.214 e. The van der Waals surface area contributed by atoms with E-state index in [9.17, 15) is 0 Å². The molecule has 0 N–H and O–H groups in total. The van der Waals surface area contributed by atoms with Crippen molar-refractivity contribution in [3.63, 3.8) is 0 Å². The van der Waals surface area contributed by atoms with Crippen LogP contribution in [0, 0.1) is 0 Å². The molecule has 0 amide bonds. The van der Waals surface area contributed by atoms with Crippen LogP contribution in [0.1, 0.15) is 25.5 Å². The van der Waals surface area contributed by atoms with Gasteiger partial charge in [-0.25, -0.2) is 9.97 Å². The molecule has 4 aromatic heterocycles. The first kappa shape index (κ1) is 14.3. The van der Waals surface area contributed by atoms with E-state index in [1.165, 1.54) is 6.42 Å². The van der Waals surface area contributed by atoms with Crippen LogP contribution in [-0.2, 0) is 6.42 Å². The smallest absolute Gasteiger partial charge is 0.214 e. The zero-order valence-electron chi connectivity index (χ0n) is 13.1. The summed E-state index contributed by atoms with van der Waals surface area (Å²) in [5.74, 6) is 2.46. The first-order valence-electron chi connectivity index (χ1n) is 7.70. The number of methoxy groups -OCH3 is 1. The number of fused-ring (bicyclic) bond motifs is 3. The van der Waals surface area contributed by atoms with Gasteiger partial charge >= 0.3 is 0 Å². The molecule has 0 aliphatic heterocycles. The second kappa shape index (κ2) is 5.70. The molecule has 118 valence electrons. The fraction of sp³-hybridized carbons (Fsp3) is 0.294. The molecule has 0 saturated heterocycles. The Kier molecular flexibility index (Phi) is 3.53. The molecule has 4 aromatic rings. The van der Waals surface area contributed by atoms with E-state index < -0.39 is 0 Å². The number of aromatic nitrogens is 3. The number of nitrogens with zero attached hydrogens (tertiary/aromatic N) is 3. The van der Waals surface area contributed by atoms with Crippen molar-refractivity contribution in [3.05, 3.63) is 36.2 Å². The van der Waals surface area contributed by atoms with Gasteiger partial charge in [0.05, 0.1) is 12.6 Å². The van der Waals surface area contributed by atoms with E-state index in [1.807, 2.05) is 30.5 Å². The van der Waals surface area contributed by atoms with Crippen LogP contribution in [0.4, 0.5) is 0 Å². The molecule has 6 heteroatoms. The van der Waals surface area contributed by atoms with Gasteiger partial charge in [-0.3, -0.25) is 4.40 Å². The molecule has 23 heavy (non-hydrogen) atoms. The van der Waals surface area contributed by atoms with E-state index in [0.29, 0.717) is 5.88 Å². The SMILES string of the molecule is CCCCc1ccc(-c2cn3c(n2)sc2nc(OC)ccc23)o1. The summed E-state index contributed by atoms with van der Waals surface area (Å²) in [6.07, 6.45) is 5.29.